The molecule has 1 N–H and O–H groups in total. The van der Waals surface area contributed by atoms with Crippen molar-refractivity contribution in [3.05, 3.63) is 12.7 Å². The third kappa shape index (κ3) is 4.67. The number of likely N-dealkylation sites (N-methyl/N-ethyl adjacent to an activating group) is 1. The monoisotopic (exact) mass is 224 g/mol. The van der Waals surface area contributed by atoms with Crippen LogP contribution in [0.4, 0.5) is 0 Å². The lowest BCUT2D eigenvalue weighted by molar-refractivity contribution is 0.324. The van der Waals surface area contributed by atoms with Gasteiger partial charge in [-0.15, -0.1) is 6.58 Å². The minimum Gasteiger partial charge on any atom is -0.310 e. The van der Waals surface area contributed by atoms with E-state index in [-0.39, 0.29) is 0 Å². The van der Waals surface area contributed by atoms with E-state index in [0.717, 1.165) is 12.5 Å². The van der Waals surface area contributed by atoms with Crippen molar-refractivity contribution in [3.63, 3.8) is 0 Å². The molecule has 2 nitrogen and oxygen atoms in total. The standard InChI is InChI=1S/C14H28N2/c1-5-6-7-8-9-12(2)15-14-10-13(3)16(4)11-14/h5,12-15H,1,6-11H2,2-4H3. The first-order chi connectivity index (χ1) is 7.63. The van der Waals surface area contributed by atoms with Crippen molar-refractivity contribution in [1.29, 1.82) is 0 Å². The molecule has 0 aromatic heterocycles. The molecule has 3 atom stereocenters. The van der Waals surface area contributed by atoms with Crippen LogP contribution in [0, 0.1) is 0 Å². The van der Waals surface area contributed by atoms with Crippen LogP contribution >= 0.6 is 0 Å². The van der Waals surface area contributed by atoms with Crippen molar-refractivity contribution < 1.29 is 0 Å². The molecule has 94 valence electrons. The van der Waals surface area contributed by atoms with Crippen LogP contribution in [0.1, 0.15) is 46.0 Å². The van der Waals surface area contributed by atoms with Gasteiger partial charge in [0.15, 0.2) is 0 Å². The van der Waals surface area contributed by atoms with Gasteiger partial charge in [0.25, 0.3) is 0 Å². The summed E-state index contributed by atoms with van der Waals surface area (Å²) in [6.07, 6.45) is 8.38. The Hall–Kier alpha value is -0.340. The maximum atomic E-state index is 3.76. The second-order valence-corrected chi connectivity index (χ2v) is 5.36. The van der Waals surface area contributed by atoms with Crippen molar-refractivity contribution in [2.75, 3.05) is 13.6 Å². The highest BCUT2D eigenvalue weighted by molar-refractivity contribution is 4.86. The first-order valence-corrected chi connectivity index (χ1v) is 6.70. The number of allylic oxidation sites excluding steroid dienone is 1. The summed E-state index contributed by atoms with van der Waals surface area (Å²) in [7, 11) is 2.22. The predicted octanol–water partition coefficient (Wildman–Crippen LogP) is 2.80. The van der Waals surface area contributed by atoms with Gasteiger partial charge in [-0.3, -0.25) is 0 Å². The zero-order chi connectivity index (χ0) is 12.0. The van der Waals surface area contributed by atoms with E-state index in [1.807, 2.05) is 6.08 Å². The topological polar surface area (TPSA) is 15.3 Å². The molecule has 3 unspecified atom stereocenters. The van der Waals surface area contributed by atoms with E-state index in [9.17, 15) is 0 Å². The number of unbranched alkanes of at least 4 members (excludes halogenated alkanes) is 2. The lowest BCUT2D eigenvalue weighted by atomic mass is 10.1. The molecule has 0 aromatic carbocycles. The van der Waals surface area contributed by atoms with Crippen LogP contribution in [-0.2, 0) is 0 Å². The summed E-state index contributed by atoms with van der Waals surface area (Å²) in [6, 6.07) is 2.10. The average Bonchev–Trinajstić information content (AvgIpc) is 2.53. The van der Waals surface area contributed by atoms with Gasteiger partial charge in [-0.05, 0) is 46.6 Å². The number of nitrogens with zero attached hydrogens (tertiary/aromatic N) is 1. The molecule has 0 bridgehead atoms. The fraction of sp³-hybridized carbons (Fsp3) is 0.857. The molecule has 1 aliphatic rings. The predicted molar refractivity (Wildman–Crippen MR) is 71.8 cm³/mol. The number of hydrogen-bond acceptors (Lipinski definition) is 2. The van der Waals surface area contributed by atoms with Crippen LogP contribution in [0.15, 0.2) is 12.7 Å². The first kappa shape index (κ1) is 13.7. The van der Waals surface area contributed by atoms with E-state index in [1.165, 1.54) is 32.2 Å². The second-order valence-electron chi connectivity index (χ2n) is 5.36. The minimum absolute atomic E-state index is 0.661. The van der Waals surface area contributed by atoms with Gasteiger partial charge in [0.05, 0.1) is 0 Å². The Labute approximate surface area is 101 Å². The summed E-state index contributed by atoms with van der Waals surface area (Å²) in [6.45, 7) is 9.59. The average molecular weight is 224 g/mol. The SMILES string of the molecule is C=CCCCCC(C)NC1CC(C)N(C)C1. The highest BCUT2D eigenvalue weighted by Crippen LogP contribution is 2.16. The number of nitrogens with one attached hydrogen (secondary N) is 1. The molecule has 2 heteroatoms. The molecule has 1 aliphatic heterocycles. The maximum absolute atomic E-state index is 3.76. The quantitative estimate of drug-likeness (QED) is 0.528. The van der Waals surface area contributed by atoms with E-state index in [0.29, 0.717) is 12.1 Å². The Morgan fingerprint density at radius 1 is 1.50 bits per heavy atom. The second kappa shape index (κ2) is 7.08. The van der Waals surface area contributed by atoms with Gasteiger partial charge < -0.3 is 10.2 Å². The molecule has 0 amide bonds. The van der Waals surface area contributed by atoms with Gasteiger partial charge in [-0.25, -0.2) is 0 Å². The zero-order valence-corrected chi connectivity index (χ0v) is 11.2. The van der Waals surface area contributed by atoms with Crippen LogP contribution in [0.3, 0.4) is 0 Å². The van der Waals surface area contributed by atoms with Crippen LogP contribution in [0.2, 0.25) is 0 Å². The number of likely N-dealkylation sites (tertiary alicyclic amines) is 1. The molecule has 1 fully saturated rings. The molecule has 1 saturated heterocycles. The summed E-state index contributed by atoms with van der Waals surface area (Å²) in [5.41, 5.74) is 0. The van der Waals surface area contributed by atoms with Crippen LogP contribution < -0.4 is 5.32 Å². The van der Waals surface area contributed by atoms with Crippen molar-refractivity contribution >= 4 is 0 Å². The Kier molecular flexibility index (Phi) is 6.07. The summed E-state index contributed by atoms with van der Waals surface area (Å²) in [5.74, 6) is 0. The minimum atomic E-state index is 0.661. The van der Waals surface area contributed by atoms with E-state index < -0.39 is 0 Å². The first-order valence-electron chi connectivity index (χ1n) is 6.70. The molecular formula is C14H28N2. The van der Waals surface area contributed by atoms with Crippen molar-refractivity contribution in [2.45, 2.75) is 64.1 Å². The third-order valence-electron chi connectivity index (χ3n) is 3.70. The van der Waals surface area contributed by atoms with Gasteiger partial charge in [-0.1, -0.05) is 12.5 Å². The molecule has 0 spiro atoms. The summed E-state index contributed by atoms with van der Waals surface area (Å²) >= 11 is 0. The highest BCUT2D eigenvalue weighted by Gasteiger charge is 2.26. The molecule has 1 heterocycles. The smallest absolute Gasteiger partial charge is 0.0212 e. The molecular weight excluding hydrogens is 196 g/mol. The van der Waals surface area contributed by atoms with Gasteiger partial charge in [0, 0.05) is 24.7 Å². The molecule has 0 aliphatic carbocycles. The largest absolute Gasteiger partial charge is 0.310 e. The van der Waals surface area contributed by atoms with Gasteiger partial charge in [0.1, 0.15) is 0 Å². The van der Waals surface area contributed by atoms with E-state index >= 15 is 0 Å². The zero-order valence-electron chi connectivity index (χ0n) is 11.2. The van der Waals surface area contributed by atoms with Gasteiger partial charge >= 0.3 is 0 Å². The van der Waals surface area contributed by atoms with Crippen molar-refractivity contribution in [2.24, 2.45) is 0 Å². The Balaban J connectivity index is 2.10. The Morgan fingerprint density at radius 3 is 2.81 bits per heavy atom. The van der Waals surface area contributed by atoms with E-state index in [1.54, 1.807) is 0 Å². The molecule has 0 aromatic rings. The molecule has 0 saturated carbocycles. The van der Waals surface area contributed by atoms with E-state index in [4.69, 9.17) is 0 Å². The van der Waals surface area contributed by atoms with Gasteiger partial charge in [-0.2, -0.15) is 0 Å². The lowest BCUT2D eigenvalue weighted by Gasteiger charge is -2.19. The maximum Gasteiger partial charge on any atom is 0.0212 e. The summed E-state index contributed by atoms with van der Waals surface area (Å²) < 4.78 is 0. The summed E-state index contributed by atoms with van der Waals surface area (Å²) in [5, 5.41) is 3.75. The van der Waals surface area contributed by atoms with Crippen LogP contribution in [0.25, 0.3) is 0 Å². The van der Waals surface area contributed by atoms with Crippen LogP contribution in [-0.4, -0.2) is 36.6 Å². The fourth-order valence-corrected chi connectivity index (χ4v) is 2.54. The normalized spacial score (nSPS) is 28.2. The Morgan fingerprint density at radius 2 is 2.25 bits per heavy atom. The molecule has 1 rings (SSSR count). The van der Waals surface area contributed by atoms with Crippen molar-refractivity contribution in [3.8, 4) is 0 Å². The molecule has 16 heavy (non-hydrogen) atoms. The summed E-state index contributed by atoms with van der Waals surface area (Å²) in [4.78, 5) is 2.45. The Bertz CT molecular complexity index is 193. The lowest BCUT2D eigenvalue weighted by Crippen LogP contribution is -2.38. The number of rotatable bonds is 7. The van der Waals surface area contributed by atoms with Crippen molar-refractivity contribution in [1.82, 2.24) is 10.2 Å². The van der Waals surface area contributed by atoms with Crippen LogP contribution in [0.5, 0.6) is 0 Å². The van der Waals surface area contributed by atoms with Gasteiger partial charge in [0.2, 0.25) is 0 Å². The van der Waals surface area contributed by atoms with E-state index in [2.05, 4.69) is 37.7 Å². The fourth-order valence-electron chi connectivity index (χ4n) is 2.54. The highest BCUT2D eigenvalue weighted by atomic mass is 15.2. The third-order valence-corrected chi connectivity index (χ3v) is 3.70. The molecule has 0 radical (unpaired) electrons. The number of hydrogen-bond donors (Lipinski definition) is 1.